The van der Waals surface area contributed by atoms with Gasteiger partial charge in [0.25, 0.3) is 0 Å². The maximum Gasteiger partial charge on any atom is 0.416 e. The van der Waals surface area contributed by atoms with Gasteiger partial charge in [-0.25, -0.2) is 4.99 Å². The van der Waals surface area contributed by atoms with Crippen LogP contribution in [0.25, 0.3) is 0 Å². The van der Waals surface area contributed by atoms with Crippen LogP contribution >= 0.6 is 0 Å². The van der Waals surface area contributed by atoms with E-state index in [4.69, 9.17) is 4.74 Å². The second-order valence-corrected chi connectivity index (χ2v) is 4.87. The number of alkyl halides is 3. The fraction of sp³-hybridized carbons (Fsp3) is 0.562. The van der Waals surface area contributed by atoms with Gasteiger partial charge in [0.15, 0.2) is 5.96 Å². The van der Waals surface area contributed by atoms with Crippen molar-refractivity contribution in [2.24, 2.45) is 4.99 Å². The maximum absolute atomic E-state index is 12.5. The summed E-state index contributed by atoms with van der Waals surface area (Å²) in [6, 6.07) is 5.05. The van der Waals surface area contributed by atoms with E-state index in [0.717, 1.165) is 30.7 Å². The molecule has 2 N–H and O–H groups in total. The Labute approximate surface area is 135 Å². The zero-order valence-corrected chi connectivity index (χ0v) is 13.5. The SMILES string of the molecule is CCNC(=NCc1ccc(C(F)(F)F)cc1)NCCCOCC. The van der Waals surface area contributed by atoms with E-state index >= 15 is 0 Å². The molecule has 4 nitrogen and oxygen atoms in total. The molecule has 0 heterocycles. The Balaban J connectivity index is 2.52. The lowest BCUT2D eigenvalue weighted by Crippen LogP contribution is -2.38. The predicted octanol–water partition coefficient (Wildman–Crippen LogP) is 3.19. The van der Waals surface area contributed by atoms with Gasteiger partial charge in [-0.1, -0.05) is 12.1 Å². The monoisotopic (exact) mass is 331 g/mol. The van der Waals surface area contributed by atoms with Crippen LogP contribution in [0.15, 0.2) is 29.3 Å². The second-order valence-electron chi connectivity index (χ2n) is 4.87. The molecule has 0 unspecified atom stereocenters. The van der Waals surface area contributed by atoms with Crippen LogP contribution in [0.2, 0.25) is 0 Å². The molecule has 0 fully saturated rings. The molecule has 0 aliphatic heterocycles. The van der Waals surface area contributed by atoms with E-state index < -0.39 is 11.7 Å². The Morgan fingerprint density at radius 1 is 1.13 bits per heavy atom. The van der Waals surface area contributed by atoms with E-state index in [0.29, 0.717) is 32.3 Å². The number of nitrogens with one attached hydrogen (secondary N) is 2. The summed E-state index contributed by atoms with van der Waals surface area (Å²) in [7, 11) is 0. The fourth-order valence-electron chi connectivity index (χ4n) is 1.84. The number of halogens is 3. The Bertz CT molecular complexity index is 472. The van der Waals surface area contributed by atoms with Crippen LogP contribution in [-0.2, 0) is 17.5 Å². The number of ether oxygens (including phenoxy) is 1. The fourth-order valence-corrected chi connectivity index (χ4v) is 1.84. The molecule has 0 radical (unpaired) electrons. The van der Waals surface area contributed by atoms with Gasteiger partial charge in [-0.05, 0) is 38.0 Å². The lowest BCUT2D eigenvalue weighted by molar-refractivity contribution is -0.137. The predicted molar refractivity (Wildman–Crippen MR) is 85.4 cm³/mol. The first-order valence-corrected chi connectivity index (χ1v) is 7.73. The van der Waals surface area contributed by atoms with Crippen LogP contribution in [0.1, 0.15) is 31.4 Å². The van der Waals surface area contributed by atoms with E-state index in [9.17, 15) is 13.2 Å². The highest BCUT2D eigenvalue weighted by Crippen LogP contribution is 2.29. The van der Waals surface area contributed by atoms with Gasteiger partial charge in [-0.3, -0.25) is 0 Å². The number of hydrogen-bond acceptors (Lipinski definition) is 2. The van der Waals surface area contributed by atoms with Gasteiger partial charge in [-0.15, -0.1) is 0 Å². The normalized spacial score (nSPS) is 12.3. The standard InChI is InChI=1S/C16H24F3N3O/c1-3-20-15(21-10-5-11-23-4-2)22-12-13-6-8-14(9-7-13)16(17,18)19/h6-9H,3-5,10-12H2,1-2H3,(H2,20,21,22). The summed E-state index contributed by atoms with van der Waals surface area (Å²) in [4.78, 5) is 4.37. The van der Waals surface area contributed by atoms with Gasteiger partial charge in [0.2, 0.25) is 0 Å². The molecule has 7 heteroatoms. The molecular weight excluding hydrogens is 307 g/mol. The van der Waals surface area contributed by atoms with Crippen molar-refractivity contribution in [3.8, 4) is 0 Å². The maximum atomic E-state index is 12.5. The number of nitrogens with zero attached hydrogens (tertiary/aromatic N) is 1. The van der Waals surface area contributed by atoms with E-state index in [1.165, 1.54) is 12.1 Å². The summed E-state index contributed by atoms with van der Waals surface area (Å²) in [5, 5.41) is 6.26. The van der Waals surface area contributed by atoms with Gasteiger partial charge in [-0.2, -0.15) is 13.2 Å². The van der Waals surface area contributed by atoms with Crippen LogP contribution in [0.3, 0.4) is 0 Å². The molecule has 0 spiro atoms. The number of rotatable bonds is 8. The van der Waals surface area contributed by atoms with E-state index in [-0.39, 0.29) is 0 Å². The average molecular weight is 331 g/mol. The van der Waals surface area contributed by atoms with Crippen LogP contribution in [0.5, 0.6) is 0 Å². The molecule has 0 aliphatic carbocycles. The van der Waals surface area contributed by atoms with Crippen LogP contribution in [-0.4, -0.2) is 32.3 Å². The zero-order chi connectivity index (χ0) is 17.1. The first-order chi connectivity index (χ1) is 11.0. The molecule has 0 bridgehead atoms. The highest BCUT2D eigenvalue weighted by atomic mass is 19.4. The third-order valence-electron chi connectivity index (χ3n) is 3.01. The molecule has 0 aliphatic rings. The molecule has 1 rings (SSSR count). The van der Waals surface area contributed by atoms with E-state index in [2.05, 4.69) is 15.6 Å². The van der Waals surface area contributed by atoms with Crippen molar-refractivity contribution >= 4 is 5.96 Å². The average Bonchev–Trinajstić information content (AvgIpc) is 2.52. The highest BCUT2D eigenvalue weighted by molar-refractivity contribution is 5.79. The first kappa shape index (κ1) is 19.3. The summed E-state index contributed by atoms with van der Waals surface area (Å²) in [6.07, 6.45) is -3.45. The van der Waals surface area contributed by atoms with Crippen molar-refractivity contribution in [1.29, 1.82) is 0 Å². The molecule has 0 amide bonds. The summed E-state index contributed by atoms with van der Waals surface area (Å²) in [5.74, 6) is 0.642. The van der Waals surface area contributed by atoms with Crippen molar-refractivity contribution in [3.05, 3.63) is 35.4 Å². The van der Waals surface area contributed by atoms with Crippen molar-refractivity contribution < 1.29 is 17.9 Å². The van der Waals surface area contributed by atoms with Crippen molar-refractivity contribution in [2.45, 2.75) is 33.0 Å². The number of aliphatic imine (C=N–C) groups is 1. The lowest BCUT2D eigenvalue weighted by Gasteiger charge is -2.11. The topological polar surface area (TPSA) is 45.7 Å². The Kier molecular flexibility index (Phi) is 8.47. The third-order valence-corrected chi connectivity index (χ3v) is 3.01. The highest BCUT2D eigenvalue weighted by Gasteiger charge is 2.29. The van der Waals surface area contributed by atoms with E-state index in [1.807, 2.05) is 13.8 Å². The van der Waals surface area contributed by atoms with Gasteiger partial charge < -0.3 is 15.4 Å². The lowest BCUT2D eigenvalue weighted by atomic mass is 10.1. The molecule has 0 saturated heterocycles. The molecular formula is C16H24F3N3O. The van der Waals surface area contributed by atoms with Crippen molar-refractivity contribution in [3.63, 3.8) is 0 Å². The summed E-state index contributed by atoms with van der Waals surface area (Å²) >= 11 is 0. The molecule has 1 aromatic carbocycles. The summed E-state index contributed by atoms with van der Waals surface area (Å²) in [5.41, 5.74) is 0.0794. The molecule has 0 aromatic heterocycles. The van der Waals surface area contributed by atoms with Crippen LogP contribution < -0.4 is 10.6 Å². The number of guanidine groups is 1. The van der Waals surface area contributed by atoms with Crippen molar-refractivity contribution in [2.75, 3.05) is 26.3 Å². The molecule has 0 saturated carbocycles. The summed E-state index contributed by atoms with van der Waals surface area (Å²) in [6.45, 7) is 7.03. The van der Waals surface area contributed by atoms with Gasteiger partial charge in [0.05, 0.1) is 12.1 Å². The van der Waals surface area contributed by atoms with Gasteiger partial charge >= 0.3 is 6.18 Å². The minimum absolute atomic E-state index is 0.318. The largest absolute Gasteiger partial charge is 0.416 e. The third kappa shape index (κ3) is 7.88. The molecule has 130 valence electrons. The van der Waals surface area contributed by atoms with Crippen LogP contribution in [0.4, 0.5) is 13.2 Å². The Hall–Kier alpha value is -1.76. The Morgan fingerprint density at radius 2 is 1.83 bits per heavy atom. The quantitative estimate of drug-likeness (QED) is 0.437. The van der Waals surface area contributed by atoms with E-state index in [1.54, 1.807) is 0 Å². The molecule has 1 aromatic rings. The van der Waals surface area contributed by atoms with Gasteiger partial charge in [0.1, 0.15) is 0 Å². The second kappa shape index (κ2) is 10.1. The number of hydrogen-bond donors (Lipinski definition) is 2. The molecule has 23 heavy (non-hydrogen) atoms. The zero-order valence-electron chi connectivity index (χ0n) is 13.5. The summed E-state index contributed by atoms with van der Waals surface area (Å²) < 4.78 is 42.8. The first-order valence-electron chi connectivity index (χ1n) is 7.73. The van der Waals surface area contributed by atoms with Crippen LogP contribution in [0, 0.1) is 0 Å². The smallest absolute Gasteiger partial charge is 0.382 e. The number of benzene rings is 1. The molecule has 0 atom stereocenters. The van der Waals surface area contributed by atoms with Crippen molar-refractivity contribution in [1.82, 2.24) is 10.6 Å². The minimum atomic E-state index is -4.31. The van der Waals surface area contributed by atoms with Gasteiger partial charge in [0, 0.05) is 26.3 Å². The minimum Gasteiger partial charge on any atom is -0.382 e. The Morgan fingerprint density at radius 3 is 2.39 bits per heavy atom.